The van der Waals surface area contributed by atoms with E-state index >= 15 is 0 Å². The van der Waals surface area contributed by atoms with Crippen molar-refractivity contribution < 1.29 is 24.2 Å². The molecule has 0 aliphatic carbocycles. The van der Waals surface area contributed by atoms with Gasteiger partial charge in [0.25, 0.3) is 0 Å². The van der Waals surface area contributed by atoms with Crippen LogP contribution in [0.2, 0.25) is 0 Å². The lowest BCUT2D eigenvalue weighted by molar-refractivity contribution is -0.148. The number of nitrogens with zero attached hydrogens (tertiary/aromatic N) is 1. The van der Waals surface area contributed by atoms with Gasteiger partial charge in [-0.05, 0) is 13.8 Å². The summed E-state index contributed by atoms with van der Waals surface area (Å²) in [5.41, 5.74) is 0. The van der Waals surface area contributed by atoms with Crippen LogP contribution in [-0.4, -0.2) is 58.5 Å². The van der Waals surface area contributed by atoms with E-state index in [9.17, 15) is 14.4 Å². The SMILES string of the molecule is CNC(=O)O[C@H]1C[C@@H](C(=O)O)N(C(=O)C(C)(C)S)C1. The molecule has 0 spiro atoms. The van der Waals surface area contributed by atoms with E-state index in [1.54, 1.807) is 13.8 Å². The molecule has 108 valence electrons. The molecule has 0 aromatic heterocycles. The maximum atomic E-state index is 12.1. The molecule has 1 heterocycles. The van der Waals surface area contributed by atoms with Crippen LogP contribution in [0.4, 0.5) is 4.79 Å². The van der Waals surface area contributed by atoms with E-state index in [2.05, 4.69) is 17.9 Å². The smallest absolute Gasteiger partial charge is 0.407 e. The second kappa shape index (κ2) is 5.68. The van der Waals surface area contributed by atoms with Crippen molar-refractivity contribution in [2.75, 3.05) is 13.6 Å². The minimum atomic E-state index is -1.12. The lowest BCUT2D eigenvalue weighted by Gasteiger charge is -2.27. The maximum absolute atomic E-state index is 12.1. The Bertz CT molecular complexity index is 393. The number of alkyl carbamates (subject to hydrolysis) is 1. The first-order valence-electron chi connectivity index (χ1n) is 5.81. The van der Waals surface area contributed by atoms with Gasteiger partial charge in [0.15, 0.2) is 0 Å². The van der Waals surface area contributed by atoms with Gasteiger partial charge in [0.05, 0.1) is 11.3 Å². The number of amides is 2. The van der Waals surface area contributed by atoms with Gasteiger partial charge in [0.2, 0.25) is 5.91 Å². The fourth-order valence-corrected chi connectivity index (χ4v) is 2.03. The summed E-state index contributed by atoms with van der Waals surface area (Å²) in [5, 5.41) is 11.4. The summed E-state index contributed by atoms with van der Waals surface area (Å²) in [7, 11) is 1.41. The van der Waals surface area contributed by atoms with Crippen LogP contribution < -0.4 is 5.32 Å². The Morgan fingerprint density at radius 3 is 2.42 bits per heavy atom. The first-order valence-corrected chi connectivity index (χ1v) is 6.26. The largest absolute Gasteiger partial charge is 0.480 e. The highest BCUT2D eigenvalue weighted by Crippen LogP contribution is 2.26. The highest BCUT2D eigenvalue weighted by atomic mass is 32.1. The van der Waals surface area contributed by atoms with Crippen molar-refractivity contribution in [1.29, 1.82) is 0 Å². The molecule has 1 aliphatic rings. The predicted octanol–water partition coefficient (Wildman–Crippen LogP) is 0.105. The van der Waals surface area contributed by atoms with Gasteiger partial charge in [-0.3, -0.25) is 4.79 Å². The van der Waals surface area contributed by atoms with E-state index in [1.807, 2.05) is 0 Å². The summed E-state index contributed by atoms with van der Waals surface area (Å²) >= 11 is 4.15. The zero-order valence-corrected chi connectivity index (χ0v) is 11.9. The van der Waals surface area contributed by atoms with E-state index in [0.29, 0.717) is 0 Å². The molecule has 2 amide bonds. The lowest BCUT2D eigenvalue weighted by atomic mass is 10.1. The number of aliphatic carboxylic acids is 1. The molecule has 0 bridgehead atoms. The van der Waals surface area contributed by atoms with Crippen molar-refractivity contribution in [3.8, 4) is 0 Å². The third-order valence-electron chi connectivity index (χ3n) is 2.81. The minimum absolute atomic E-state index is 0.0627. The topological polar surface area (TPSA) is 95.9 Å². The quantitative estimate of drug-likeness (QED) is 0.641. The van der Waals surface area contributed by atoms with Crippen LogP contribution in [-0.2, 0) is 14.3 Å². The van der Waals surface area contributed by atoms with E-state index in [-0.39, 0.29) is 13.0 Å². The number of hydrogen-bond donors (Lipinski definition) is 3. The minimum Gasteiger partial charge on any atom is -0.480 e. The fourth-order valence-electron chi connectivity index (χ4n) is 1.90. The summed E-state index contributed by atoms with van der Waals surface area (Å²) in [4.78, 5) is 35.6. The van der Waals surface area contributed by atoms with E-state index in [4.69, 9.17) is 9.84 Å². The molecule has 0 saturated carbocycles. The monoisotopic (exact) mass is 290 g/mol. The molecule has 2 N–H and O–H groups in total. The number of nitrogens with one attached hydrogen (secondary N) is 1. The average molecular weight is 290 g/mol. The van der Waals surface area contributed by atoms with E-state index < -0.39 is 34.9 Å². The molecular weight excluding hydrogens is 272 g/mol. The summed E-state index contributed by atoms with van der Waals surface area (Å²) in [6, 6.07) is -0.992. The van der Waals surface area contributed by atoms with Crippen LogP contribution in [0.5, 0.6) is 0 Å². The number of ether oxygens (including phenoxy) is 1. The first-order chi connectivity index (χ1) is 8.66. The van der Waals surface area contributed by atoms with Gasteiger partial charge in [-0.25, -0.2) is 9.59 Å². The first kappa shape index (κ1) is 15.6. The average Bonchev–Trinajstić information content (AvgIpc) is 2.70. The van der Waals surface area contributed by atoms with E-state index in [0.717, 1.165) is 0 Å². The molecule has 19 heavy (non-hydrogen) atoms. The highest BCUT2D eigenvalue weighted by molar-refractivity contribution is 7.82. The third-order valence-corrected chi connectivity index (χ3v) is 3.00. The number of carbonyl (C=O) groups excluding carboxylic acids is 2. The number of carboxylic acid groups (broad SMARTS) is 1. The van der Waals surface area contributed by atoms with Crippen LogP contribution in [0.3, 0.4) is 0 Å². The van der Waals surface area contributed by atoms with Crippen molar-refractivity contribution in [1.82, 2.24) is 10.2 Å². The molecule has 7 nitrogen and oxygen atoms in total. The second-order valence-electron chi connectivity index (χ2n) is 4.88. The van der Waals surface area contributed by atoms with Crippen molar-refractivity contribution >= 4 is 30.6 Å². The molecular formula is C11H18N2O5S. The molecule has 0 unspecified atom stereocenters. The fraction of sp³-hybridized carbons (Fsp3) is 0.727. The molecule has 0 radical (unpaired) electrons. The maximum Gasteiger partial charge on any atom is 0.407 e. The summed E-state index contributed by atoms with van der Waals surface area (Å²) < 4.78 is 4.03. The Balaban J connectivity index is 2.82. The van der Waals surface area contributed by atoms with Crippen molar-refractivity contribution in [2.24, 2.45) is 0 Å². The van der Waals surface area contributed by atoms with Crippen LogP contribution >= 0.6 is 12.6 Å². The number of carboxylic acids is 1. The van der Waals surface area contributed by atoms with Crippen LogP contribution in [0.15, 0.2) is 0 Å². The van der Waals surface area contributed by atoms with E-state index in [1.165, 1.54) is 11.9 Å². The highest BCUT2D eigenvalue weighted by Gasteiger charge is 2.44. The van der Waals surface area contributed by atoms with Crippen molar-refractivity contribution in [3.05, 3.63) is 0 Å². The summed E-state index contributed by atoms with van der Waals surface area (Å²) in [6.07, 6.45) is -1.19. The second-order valence-corrected chi connectivity index (χ2v) is 6.00. The van der Waals surface area contributed by atoms with Crippen LogP contribution in [0.25, 0.3) is 0 Å². The zero-order chi connectivity index (χ0) is 14.8. The molecule has 8 heteroatoms. The third kappa shape index (κ3) is 3.76. The Morgan fingerprint density at radius 2 is 2.00 bits per heavy atom. The molecule has 1 rings (SSSR count). The standard InChI is InChI=1S/C11H18N2O5S/c1-11(2,19)9(16)13-5-6(18-10(17)12-3)4-7(13)8(14)15/h6-7,19H,4-5H2,1-3H3,(H,12,17)(H,14,15)/t6-,7-/m0/s1. The van der Waals surface area contributed by atoms with Crippen LogP contribution in [0, 0.1) is 0 Å². The number of carbonyl (C=O) groups is 3. The predicted molar refractivity (Wildman–Crippen MR) is 70.1 cm³/mol. The zero-order valence-electron chi connectivity index (χ0n) is 11.0. The van der Waals surface area contributed by atoms with Gasteiger partial charge in [-0.1, -0.05) is 0 Å². The van der Waals surface area contributed by atoms with Crippen molar-refractivity contribution in [3.63, 3.8) is 0 Å². The van der Waals surface area contributed by atoms with Crippen LogP contribution in [0.1, 0.15) is 20.3 Å². The van der Waals surface area contributed by atoms with Gasteiger partial charge in [-0.15, -0.1) is 0 Å². The Hall–Kier alpha value is -1.44. The van der Waals surface area contributed by atoms with Gasteiger partial charge < -0.3 is 20.1 Å². The Kier molecular flexibility index (Phi) is 4.67. The molecule has 2 atom stereocenters. The normalized spacial score (nSPS) is 23.1. The molecule has 1 aliphatic heterocycles. The summed E-state index contributed by atoms with van der Waals surface area (Å²) in [5.74, 6) is -1.51. The van der Waals surface area contributed by atoms with Gasteiger partial charge >= 0.3 is 12.1 Å². The van der Waals surface area contributed by atoms with Gasteiger partial charge in [0.1, 0.15) is 12.1 Å². The molecule has 0 aromatic carbocycles. The number of thiol groups is 1. The number of hydrogen-bond acceptors (Lipinski definition) is 5. The lowest BCUT2D eigenvalue weighted by Crippen LogP contribution is -2.47. The summed E-state index contributed by atoms with van der Waals surface area (Å²) in [6.45, 7) is 3.24. The Labute approximate surface area is 116 Å². The number of likely N-dealkylation sites (tertiary alicyclic amines) is 1. The number of rotatable bonds is 3. The molecule has 0 aromatic rings. The van der Waals surface area contributed by atoms with Crippen molar-refractivity contribution in [2.45, 2.75) is 37.2 Å². The molecule has 1 saturated heterocycles. The Morgan fingerprint density at radius 1 is 1.42 bits per heavy atom. The van der Waals surface area contributed by atoms with Gasteiger partial charge in [-0.2, -0.15) is 12.6 Å². The molecule has 1 fully saturated rings. The van der Waals surface area contributed by atoms with Gasteiger partial charge in [0, 0.05) is 13.5 Å².